The number of esters is 1. The molecule has 0 saturated heterocycles. The molecule has 1 aromatic heterocycles. The SMILES string of the molecule is CC(C)(C)OC(=O)N[C@H](CCCn1ccc(NC(=O)OCc2ccccc2)nc1=O)C(=O)OCc1ccccc1. The van der Waals surface area contributed by atoms with Gasteiger partial charge >= 0.3 is 23.8 Å². The van der Waals surface area contributed by atoms with Crippen molar-refractivity contribution in [2.45, 2.75) is 65.0 Å². The molecule has 0 aliphatic heterocycles. The summed E-state index contributed by atoms with van der Waals surface area (Å²) in [4.78, 5) is 53.5. The maximum atomic E-state index is 12.8. The summed E-state index contributed by atoms with van der Waals surface area (Å²) in [6.07, 6.45) is 0.521. The number of alkyl carbamates (subject to hydrolysis) is 1. The first-order valence-electron chi connectivity index (χ1n) is 12.8. The molecule has 1 heterocycles. The first-order chi connectivity index (χ1) is 19.1. The molecule has 0 aliphatic rings. The zero-order valence-corrected chi connectivity index (χ0v) is 22.8. The Hall–Kier alpha value is -4.67. The third-order valence-electron chi connectivity index (χ3n) is 5.41. The highest BCUT2D eigenvalue weighted by atomic mass is 16.6. The van der Waals surface area contributed by atoms with Crippen LogP contribution in [0.15, 0.2) is 77.7 Å². The van der Waals surface area contributed by atoms with Crippen LogP contribution in [0.1, 0.15) is 44.7 Å². The number of nitrogens with one attached hydrogen (secondary N) is 2. The van der Waals surface area contributed by atoms with Crippen molar-refractivity contribution in [2.24, 2.45) is 0 Å². The maximum absolute atomic E-state index is 12.8. The van der Waals surface area contributed by atoms with Gasteiger partial charge in [0.2, 0.25) is 0 Å². The Kier molecular flexibility index (Phi) is 10.8. The normalized spacial score (nSPS) is 11.7. The Balaban J connectivity index is 1.54. The number of carbonyl (C=O) groups is 3. The van der Waals surface area contributed by atoms with Gasteiger partial charge in [0.1, 0.15) is 30.7 Å². The average molecular weight is 551 g/mol. The van der Waals surface area contributed by atoms with Gasteiger partial charge in [-0.3, -0.25) is 9.88 Å². The zero-order chi connectivity index (χ0) is 29.0. The molecular formula is C29H34N4O7. The molecule has 11 nitrogen and oxygen atoms in total. The molecule has 2 amide bonds. The lowest BCUT2D eigenvalue weighted by molar-refractivity contribution is -0.147. The molecule has 40 heavy (non-hydrogen) atoms. The number of amides is 2. The van der Waals surface area contributed by atoms with E-state index in [1.165, 1.54) is 16.8 Å². The molecule has 0 radical (unpaired) electrons. The van der Waals surface area contributed by atoms with E-state index in [0.29, 0.717) is 6.42 Å². The Morgan fingerprint density at radius 2 is 1.48 bits per heavy atom. The fourth-order valence-electron chi connectivity index (χ4n) is 3.53. The smallest absolute Gasteiger partial charge is 0.413 e. The Morgan fingerprint density at radius 3 is 2.05 bits per heavy atom. The number of carbonyl (C=O) groups excluding carboxylic acids is 3. The number of hydrogen-bond donors (Lipinski definition) is 2. The quantitative estimate of drug-likeness (QED) is 0.265. The first-order valence-corrected chi connectivity index (χ1v) is 12.8. The molecule has 0 saturated carbocycles. The van der Waals surface area contributed by atoms with Crippen LogP contribution in [0.2, 0.25) is 0 Å². The van der Waals surface area contributed by atoms with Gasteiger partial charge in [0, 0.05) is 12.7 Å². The van der Waals surface area contributed by atoms with Crippen molar-refractivity contribution >= 4 is 24.0 Å². The van der Waals surface area contributed by atoms with Gasteiger partial charge in [-0.2, -0.15) is 4.98 Å². The molecule has 0 bridgehead atoms. The van der Waals surface area contributed by atoms with E-state index in [1.54, 1.807) is 20.8 Å². The highest BCUT2D eigenvalue weighted by Crippen LogP contribution is 2.10. The van der Waals surface area contributed by atoms with E-state index in [2.05, 4.69) is 15.6 Å². The van der Waals surface area contributed by atoms with E-state index < -0.39 is 35.5 Å². The van der Waals surface area contributed by atoms with Gasteiger partial charge in [0.05, 0.1) is 0 Å². The molecule has 2 aromatic carbocycles. The van der Waals surface area contributed by atoms with Gasteiger partial charge in [-0.05, 0) is 50.8 Å². The molecule has 0 fully saturated rings. The molecule has 212 valence electrons. The van der Waals surface area contributed by atoms with Gasteiger partial charge in [-0.15, -0.1) is 0 Å². The first kappa shape index (κ1) is 29.9. The molecule has 0 unspecified atom stereocenters. The predicted molar refractivity (Wildman–Crippen MR) is 147 cm³/mol. The molecule has 0 aliphatic carbocycles. The van der Waals surface area contributed by atoms with E-state index in [0.717, 1.165) is 11.1 Å². The minimum Gasteiger partial charge on any atom is -0.459 e. The van der Waals surface area contributed by atoms with Gasteiger partial charge < -0.3 is 19.5 Å². The zero-order valence-electron chi connectivity index (χ0n) is 22.8. The Bertz CT molecular complexity index is 1320. The second-order valence-electron chi connectivity index (χ2n) is 9.91. The van der Waals surface area contributed by atoms with Crippen molar-refractivity contribution in [3.63, 3.8) is 0 Å². The monoisotopic (exact) mass is 550 g/mol. The van der Waals surface area contributed by atoms with E-state index >= 15 is 0 Å². The fourth-order valence-corrected chi connectivity index (χ4v) is 3.53. The summed E-state index contributed by atoms with van der Waals surface area (Å²) in [7, 11) is 0. The summed E-state index contributed by atoms with van der Waals surface area (Å²) in [5.41, 5.74) is 0.293. The lowest BCUT2D eigenvalue weighted by Crippen LogP contribution is -2.44. The number of anilines is 1. The molecule has 0 spiro atoms. The second kappa shape index (κ2) is 14.5. The molecule has 2 N–H and O–H groups in total. The van der Waals surface area contributed by atoms with Crippen LogP contribution in [-0.2, 0) is 38.8 Å². The summed E-state index contributed by atoms with van der Waals surface area (Å²) in [6.45, 7) is 5.50. The predicted octanol–water partition coefficient (Wildman–Crippen LogP) is 4.41. The van der Waals surface area contributed by atoms with Gasteiger partial charge in [-0.1, -0.05) is 60.7 Å². The van der Waals surface area contributed by atoms with Crippen molar-refractivity contribution in [3.8, 4) is 0 Å². The summed E-state index contributed by atoms with van der Waals surface area (Å²) >= 11 is 0. The number of hydrogen-bond acceptors (Lipinski definition) is 8. The third kappa shape index (κ3) is 10.6. The number of benzene rings is 2. The highest BCUT2D eigenvalue weighted by Gasteiger charge is 2.25. The lowest BCUT2D eigenvalue weighted by Gasteiger charge is -2.23. The van der Waals surface area contributed by atoms with Crippen LogP contribution < -0.4 is 16.3 Å². The van der Waals surface area contributed by atoms with Gasteiger partial charge in [-0.25, -0.2) is 19.2 Å². The largest absolute Gasteiger partial charge is 0.459 e. The number of aryl methyl sites for hydroxylation is 1. The summed E-state index contributed by atoms with van der Waals surface area (Å²) in [5, 5.41) is 4.99. The topological polar surface area (TPSA) is 138 Å². The number of rotatable bonds is 11. The summed E-state index contributed by atoms with van der Waals surface area (Å²) in [6, 6.07) is 18.8. The number of nitrogens with zero attached hydrogens (tertiary/aromatic N) is 2. The van der Waals surface area contributed by atoms with Crippen molar-refractivity contribution in [1.82, 2.24) is 14.9 Å². The third-order valence-corrected chi connectivity index (χ3v) is 5.41. The van der Waals surface area contributed by atoms with E-state index in [-0.39, 0.29) is 32.0 Å². The van der Waals surface area contributed by atoms with Crippen LogP contribution >= 0.6 is 0 Å². The summed E-state index contributed by atoms with van der Waals surface area (Å²) < 4.78 is 17.2. The van der Waals surface area contributed by atoms with E-state index in [1.807, 2.05) is 60.7 Å². The van der Waals surface area contributed by atoms with Crippen LogP contribution in [0.3, 0.4) is 0 Å². The van der Waals surface area contributed by atoms with Crippen molar-refractivity contribution < 1.29 is 28.6 Å². The summed E-state index contributed by atoms with van der Waals surface area (Å²) in [5.74, 6) is -0.568. The molecule has 3 aromatic rings. The molecule has 11 heteroatoms. The average Bonchev–Trinajstić information content (AvgIpc) is 2.91. The van der Waals surface area contributed by atoms with E-state index in [4.69, 9.17) is 14.2 Å². The molecule has 3 rings (SSSR count). The molecular weight excluding hydrogens is 516 g/mol. The van der Waals surface area contributed by atoms with E-state index in [9.17, 15) is 19.2 Å². The lowest BCUT2D eigenvalue weighted by atomic mass is 10.1. The van der Waals surface area contributed by atoms with Crippen LogP contribution in [-0.4, -0.2) is 39.3 Å². The van der Waals surface area contributed by atoms with Crippen molar-refractivity contribution in [1.29, 1.82) is 0 Å². The standard InChI is InChI=1S/C29H34N4O7/c1-29(2,3)40-28(37)30-23(25(34)38-19-21-11-6-4-7-12-21)15-10-17-33-18-16-24(31-26(33)35)32-27(36)39-20-22-13-8-5-9-14-22/h4-9,11-14,16,18,23H,10,15,17,19-20H2,1-3H3,(H,30,37)(H,31,32,35,36)/t23-/m1/s1. The minimum absolute atomic E-state index is 0.0493. The van der Waals surface area contributed by atoms with Gasteiger partial charge in [0.15, 0.2) is 0 Å². The number of ether oxygens (including phenoxy) is 3. The van der Waals surface area contributed by atoms with Crippen LogP contribution in [0.5, 0.6) is 0 Å². The second-order valence-corrected chi connectivity index (χ2v) is 9.91. The van der Waals surface area contributed by atoms with Gasteiger partial charge in [0.25, 0.3) is 0 Å². The van der Waals surface area contributed by atoms with Crippen LogP contribution in [0.25, 0.3) is 0 Å². The minimum atomic E-state index is -0.984. The molecule has 1 atom stereocenters. The Labute approximate surface area is 232 Å². The van der Waals surface area contributed by atoms with Crippen molar-refractivity contribution in [2.75, 3.05) is 5.32 Å². The Morgan fingerprint density at radius 1 is 0.875 bits per heavy atom. The van der Waals surface area contributed by atoms with Crippen molar-refractivity contribution in [3.05, 3.63) is 94.5 Å². The highest BCUT2D eigenvalue weighted by molar-refractivity contribution is 5.83. The van der Waals surface area contributed by atoms with Crippen LogP contribution in [0.4, 0.5) is 15.4 Å². The number of aromatic nitrogens is 2. The van der Waals surface area contributed by atoms with Crippen LogP contribution in [0, 0.1) is 0 Å². The maximum Gasteiger partial charge on any atom is 0.413 e. The fraction of sp³-hybridized carbons (Fsp3) is 0.345.